The van der Waals surface area contributed by atoms with Crippen LogP contribution in [0.15, 0.2) is 10.3 Å². The van der Waals surface area contributed by atoms with Crippen LogP contribution in [0.25, 0.3) is 0 Å². The number of nitrogen functional groups attached to an aromatic ring is 1. The van der Waals surface area contributed by atoms with E-state index >= 15 is 0 Å². The fourth-order valence-corrected chi connectivity index (χ4v) is 3.28. The summed E-state index contributed by atoms with van der Waals surface area (Å²) < 4.78 is 1.13. The normalized spacial score (nSPS) is 10.9. The van der Waals surface area contributed by atoms with Gasteiger partial charge in [-0.2, -0.15) is 0 Å². The van der Waals surface area contributed by atoms with Gasteiger partial charge in [0, 0.05) is 5.92 Å². The van der Waals surface area contributed by atoms with Gasteiger partial charge in [-0.25, -0.2) is 0 Å². The van der Waals surface area contributed by atoms with Crippen molar-refractivity contribution in [2.45, 2.75) is 25.0 Å². The van der Waals surface area contributed by atoms with Crippen molar-refractivity contribution >= 4 is 34.6 Å². The van der Waals surface area contributed by atoms with E-state index in [1.807, 2.05) is 19.9 Å². The quantitative estimate of drug-likeness (QED) is 0.636. The highest BCUT2D eigenvalue weighted by Crippen LogP contribution is 2.33. The minimum Gasteiger partial charge on any atom is -0.397 e. The summed E-state index contributed by atoms with van der Waals surface area (Å²) in [6.07, 6.45) is 0. The summed E-state index contributed by atoms with van der Waals surface area (Å²) in [7, 11) is 0. The zero-order valence-corrected chi connectivity index (χ0v) is 10.3. The average molecular weight is 229 g/mol. The molecule has 4 heteroatoms. The number of thiophene rings is 1. The zero-order chi connectivity index (χ0) is 10.7. The Balaban J connectivity index is 2.92. The number of nitrogens with two attached hydrogens (primary N) is 1. The molecule has 2 N–H and O–H groups in total. The Kier molecular flexibility index (Phi) is 4.01. The van der Waals surface area contributed by atoms with Crippen LogP contribution in [-0.4, -0.2) is 11.5 Å². The predicted octanol–water partition coefficient (Wildman–Crippen LogP) is 3.28. The van der Waals surface area contributed by atoms with Gasteiger partial charge in [0.25, 0.3) is 0 Å². The van der Waals surface area contributed by atoms with Crippen molar-refractivity contribution in [1.29, 1.82) is 0 Å². The first kappa shape index (κ1) is 11.6. The Hall–Kier alpha value is -0.480. The molecule has 0 aliphatic rings. The van der Waals surface area contributed by atoms with Crippen LogP contribution in [0.5, 0.6) is 0 Å². The average Bonchev–Trinajstić information content (AvgIpc) is 2.46. The van der Waals surface area contributed by atoms with Crippen LogP contribution in [0.2, 0.25) is 0 Å². The van der Waals surface area contributed by atoms with Gasteiger partial charge in [-0.15, -0.1) is 23.1 Å². The molecule has 0 unspecified atom stereocenters. The summed E-state index contributed by atoms with van der Waals surface area (Å²) in [5.74, 6) is 1.18. The third-order valence-electron chi connectivity index (χ3n) is 1.77. The zero-order valence-electron chi connectivity index (χ0n) is 8.66. The van der Waals surface area contributed by atoms with Crippen LogP contribution in [0.4, 0.5) is 5.69 Å². The molecule has 0 aliphatic carbocycles. The molecular weight excluding hydrogens is 214 g/mol. The second-order valence-corrected chi connectivity index (χ2v) is 5.92. The summed E-state index contributed by atoms with van der Waals surface area (Å²) >= 11 is 3.23. The predicted molar refractivity (Wildman–Crippen MR) is 64.3 cm³/mol. The number of hydrogen-bond acceptors (Lipinski definition) is 4. The minimum atomic E-state index is 0.0235. The lowest BCUT2D eigenvalue weighted by atomic mass is 10.1. The van der Waals surface area contributed by atoms with Gasteiger partial charge in [-0.05, 0) is 11.8 Å². The summed E-state index contributed by atoms with van der Waals surface area (Å²) in [5, 5.41) is 0. The molecule has 1 heterocycles. The third-order valence-corrected chi connectivity index (χ3v) is 4.03. The molecule has 0 aliphatic heterocycles. The van der Waals surface area contributed by atoms with Crippen LogP contribution < -0.4 is 5.73 Å². The molecule has 1 aromatic heterocycles. The van der Waals surface area contributed by atoms with E-state index in [4.69, 9.17) is 5.73 Å². The molecule has 0 radical (unpaired) electrons. The van der Waals surface area contributed by atoms with Crippen LogP contribution in [0, 0.1) is 5.92 Å². The van der Waals surface area contributed by atoms with E-state index in [-0.39, 0.29) is 11.7 Å². The number of thioether (sulfide) groups is 1. The lowest BCUT2D eigenvalue weighted by Gasteiger charge is -2.01. The first-order valence-corrected chi connectivity index (χ1v) is 6.42. The van der Waals surface area contributed by atoms with Crippen LogP contribution in [0.3, 0.4) is 0 Å². The van der Waals surface area contributed by atoms with Gasteiger partial charge >= 0.3 is 0 Å². The largest absolute Gasteiger partial charge is 0.397 e. The highest BCUT2D eigenvalue weighted by molar-refractivity contribution is 8.01. The van der Waals surface area contributed by atoms with Crippen molar-refractivity contribution in [2.75, 3.05) is 11.5 Å². The van der Waals surface area contributed by atoms with E-state index < -0.39 is 0 Å². The van der Waals surface area contributed by atoms with Crippen molar-refractivity contribution in [3.8, 4) is 0 Å². The molecule has 0 saturated heterocycles. The Labute approximate surface area is 92.9 Å². The van der Waals surface area contributed by atoms with E-state index in [1.165, 1.54) is 11.3 Å². The Morgan fingerprint density at radius 1 is 1.64 bits per heavy atom. The monoisotopic (exact) mass is 229 g/mol. The first-order chi connectivity index (χ1) is 6.56. The lowest BCUT2D eigenvalue weighted by molar-refractivity contribution is 0.0944. The highest BCUT2D eigenvalue weighted by atomic mass is 32.2. The number of anilines is 1. The van der Waals surface area contributed by atoms with Crippen molar-refractivity contribution in [1.82, 2.24) is 0 Å². The number of Topliss-reactive ketones (excluding diaryl/α,β-unsaturated/α-hetero) is 1. The van der Waals surface area contributed by atoms with E-state index in [0.717, 1.165) is 14.8 Å². The molecule has 0 amide bonds. The standard InChI is InChI=1S/C10H15NOS2/c1-4-13-8-5-7(11)10(14-8)9(12)6(2)3/h5-6H,4,11H2,1-3H3. The fourth-order valence-electron chi connectivity index (χ4n) is 1.05. The summed E-state index contributed by atoms with van der Waals surface area (Å²) in [6.45, 7) is 5.88. The maximum atomic E-state index is 11.7. The van der Waals surface area contributed by atoms with E-state index in [9.17, 15) is 4.79 Å². The van der Waals surface area contributed by atoms with E-state index in [2.05, 4.69) is 6.92 Å². The third kappa shape index (κ3) is 2.51. The van der Waals surface area contributed by atoms with Gasteiger partial charge in [-0.3, -0.25) is 4.79 Å². The Bertz CT molecular complexity index is 331. The number of carbonyl (C=O) groups excluding carboxylic acids is 1. The van der Waals surface area contributed by atoms with Crippen molar-refractivity contribution < 1.29 is 4.79 Å². The fraction of sp³-hybridized carbons (Fsp3) is 0.500. The molecular formula is C10H15NOS2. The van der Waals surface area contributed by atoms with Crippen LogP contribution in [-0.2, 0) is 0 Å². The molecule has 2 nitrogen and oxygen atoms in total. The lowest BCUT2D eigenvalue weighted by Crippen LogP contribution is -2.07. The second-order valence-electron chi connectivity index (χ2n) is 3.30. The number of rotatable bonds is 4. The van der Waals surface area contributed by atoms with Gasteiger partial charge < -0.3 is 5.73 Å². The van der Waals surface area contributed by atoms with Crippen LogP contribution in [0.1, 0.15) is 30.4 Å². The smallest absolute Gasteiger partial charge is 0.177 e. The van der Waals surface area contributed by atoms with E-state index in [1.54, 1.807) is 11.8 Å². The molecule has 0 atom stereocenters. The molecule has 14 heavy (non-hydrogen) atoms. The summed E-state index contributed by atoms with van der Waals surface area (Å²) in [4.78, 5) is 12.4. The van der Waals surface area contributed by atoms with Crippen molar-refractivity contribution in [3.63, 3.8) is 0 Å². The molecule has 0 spiro atoms. The number of ketones is 1. The molecule has 0 aromatic carbocycles. The van der Waals surface area contributed by atoms with Crippen molar-refractivity contribution in [3.05, 3.63) is 10.9 Å². The highest BCUT2D eigenvalue weighted by Gasteiger charge is 2.17. The molecule has 1 aromatic rings. The Morgan fingerprint density at radius 3 is 2.79 bits per heavy atom. The van der Waals surface area contributed by atoms with Gasteiger partial charge in [0.05, 0.1) is 14.8 Å². The maximum absolute atomic E-state index is 11.7. The van der Waals surface area contributed by atoms with Gasteiger partial charge in [0.15, 0.2) is 5.78 Å². The first-order valence-electron chi connectivity index (χ1n) is 4.62. The summed E-state index contributed by atoms with van der Waals surface area (Å²) in [6, 6.07) is 1.90. The second kappa shape index (κ2) is 4.84. The molecule has 78 valence electrons. The maximum Gasteiger partial charge on any atom is 0.177 e. The van der Waals surface area contributed by atoms with Crippen LogP contribution >= 0.6 is 23.1 Å². The number of hydrogen-bond donors (Lipinski definition) is 1. The van der Waals surface area contributed by atoms with Gasteiger partial charge in [0.2, 0.25) is 0 Å². The minimum absolute atomic E-state index is 0.0235. The van der Waals surface area contributed by atoms with Crippen molar-refractivity contribution in [2.24, 2.45) is 5.92 Å². The molecule has 0 bridgehead atoms. The molecule has 0 saturated carbocycles. The summed E-state index contributed by atoms with van der Waals surface area (Å²) in [5.41, 5.74) is 6.42. The Morgan fingerprint density at radius 2 is 2.29 bits per heavy atom. The van der Waals surface area contributed by atoms with E-state index in [0.29, 0.717) is 5.69 Å². The topological polar surface area (TPSA) is 43.1 Å². The molecule has 1 rings (SSSR count). The van der Waals surface area contributed by atoms with Gasteiger partial charge in [-0.1, -0.05) is 20.8 Å². The molecule has 0 fully saturated rings. The SMILES string of the molecule is CCSc1cc(N)c(C(=O)C(C)C)s1. The van der Waals surface area contributed by atoms with Gasteiger partial charge in [0.1, 0.15) is 0 Å². The number of carbonyl (C=O) groups is 1.